The van der Waals surface area contributed by atoms with Crippen LogP contribution >= 0.6 is 0 Å². The first-order chi connectivity index (χ1) is 14.8. The molecule has 10 heteroatoms. The van der Waals surface area contributed by atoms with E-state index in [2.05, 4.69) is 15.2 Å². The lowest BCUT2D eigenvalue weighted by atomic mass is 9.74. The van der Waals surface area contributed by atoms with Gasteiger partial charge >= 0.3 is 0 Å². The minimum Gasteiger partial charge on any atom is -0.363 e. The van der Waals surface area contributed by atoms with Crippen molar-refractivity contribution >= 4 is 17.6 Å². The number of nitrogens with two attached hydrogens (primary N) is 1. The van der Waals surface area contributed by atoms with Crippen LogP contribution in [0.5, 0.6) is 0 Å². The molecule has 0 bridgehead atoms. The van der Waals surface area contributed by atoms with Crippen LogP contribution in [0.2, 0.25) is 0 Å². The second-order valence-corrected chi connectivity index (χ2v) is 8.14. The van der Waals surface area contributed by atoms with Crippen LogP contribution < -0.4 is 10.6 Å². The number of amides is 2. The molecule has 2 N–H and O–H groups in total. The van der Waals surface area contributed by atoms with E-state index in [-0.39, 0.29) is 11.7 Å². The summed E-state index contributed by atoms with van der Waals surface area (Å²) in [5.74, 6) is -0.906. The summed E-state index contributed by atoms with van der Waals surface area (Å²) in [5.41, 5.74) is 5.47. The summed E-state index contributed by atoms with van der Waals surface area (Å²) in [4.78, 5) is 31.3. The molecule has 0 aliphatic carbocycles. The summed E-state index contributed by atoms with van der Waals surface area (Å²) in [6, 6.07) is 8.26. The summed E-state index contributed by atoms with van der Waals surface area (Å²) in [6.45, 7) is 2.37. The van der Waals surface area contributed by atoms with E-state index in [1.807, 2.05) is 13.0 Å². The number of benzene rings is 1. The lowest BCUT2D eigenvalue weighted by Gasteiger charge is -2.38. The quantitative estimate of drug-likeness (QED) is 0.684. The zero-order valence-electron chi connectivity index (χ0n) is 17.2. The monoisotopic (exact) mass is 423 g/mol. The van der Waals surface area contributed by atoms with E-state index in [4.69, 9.17) is 5.73 Å². The zero-order chi connectivity index (χ0) is 21.9. The van der Waals surface area contributed by atoms with E-state index in [1.165, 1.54) is 6.07 Å². The smallest absolute Gasteiger partial charge is 0.288 e. The molecule has 2 aromatic heterocycles. The van der Waals surface area contributed by atoms with Crippen LogP contribution in [0.1, 0.15) is 40.5 Å². The summed E-state index contributed by atoms with van der Waals surface area (Å²) >= 11 is 0. The molecule has 0 spiro atoms. The molecule has 0 saturated heterocycles. The molecule has 3 aromatic rings. The second-order valence-electron chi connectivity index (χ2n) is 8.14. The van der Waals surface area contributed by atoms with Crippen molar-refractivity contribution in [2.75, 3.05) is 11.9 Å². The van der Waals surface area contributed by atoms with Crippen LogP contribution in [0.3, 0.4) is 0 Å². The maximum absolute atomic E-state index is 15.2. The van der Waals surface area contributed by atoms with E-state index in [1.54, 1.807) is 39.5 Å². The van der Waals surface area contributed by atoms with Crippen LogP contribution in [0.25, 0.3) is 0 Å². The van der Waals surface area contributed by atoms with Gasteiger partial charge in [-0.1, -0.05) is 18.2 Å². The van der Waals surface area contributed by atoms with Crippen molar-refractivity contribution in [1.29, 1.82) is 0 Å². The number of hydrogen-bond donors (Lipinski definition) is 1. The van der Waals surface area contributed by atoms with Gasteiger partial charge in [0.15, 0.2) is 0 Å². The topological polar surface area (TPSA) is 112 Å². The number of halogens is 1. The SMILES string of the molecule is Cc1cc2n(n1)CC[C@@H](C1(c3ccccc3F)CCc3nc(C(N)=O)nn31)C(=O)N2C. The number of carbonyl (C=O) groups is 2. The molecular formula is C21H22FN7O2. The molecule has 0 saturated carbocycles. The predicted molar refractivity (Wildman–Crippen MR) is 109 cm³/mol. The van der Waals surface area contributed by atoms with Gasteiger partial charge in [-0.25, -0.2) is 18.7 Å². The van der Waals surface area contributed by atoms with Crippen molar-refractivity contribution in [3.8, 4) is 0 Å². The fourth-order valence-corrected chi connectivity index (χ4v) is 5.04. The Bertz CT molecular complexity index is 1220. The average molecular weight is 423 g/mol. The van der Waals surface area contributed by atoms with Gasteiger partial charge in [0.1, 0.15) is 23.0 Å². The first-order valence-corrected chi connectivity index (χ1v) is 10.2. The standard InChI is InChI=1S/C21H22FN7O2/c1-12-11-17-27(2)20(31)14(8-10-28(17)25-12)21(13-5-3-4-6-15(13)22)9-7-16-24-19(18(23)30)26-29(16)21/h3-6,11,14H,7-10H2,1-2H3,(H2,23,30)/t14-,21?/m1/s1. The van der Waals surface area contributed by atoms with Crippen LogP contribution in [-0.4, -0.2) is 43.4 Å². The van der Waals surface area contributed by atoms with Gasteiger partial charge in [-0.05, 0) is 25.8 Å². The lowest BCUT2D eigenvalue weighted by molar-refractivity contribution is -0.125. The highest BCUT2D eigenvalue weighted by Crippen LogP contribution is 2.47. The van der Waals surface area contributed by atoms with Gasteiger partial charge in [0.05, 0.1) is 11.6 Å². The molecule has 9 nitrogen and oxygen atoms in total. The van der Waals surface area contributed by atoms with Crippen LogP contribution in [0, 0.1) is 18.7 Å². The highest BCUT2D eigenvalue weighted by atomic mass is 19.1. The molecule has 0 radical (unpaired) electrons. The fraction of sp³-hybridized carbons (Fsp3) is 0.381. The van der Waals surface area contributed by atoms with Crippen molar-refractivity contribution in [3.63, 3.8) is 0 Å². The molecule has 2 amide bonds. The molecule has 1 aromatic carbocycles. The summed E-state index contributed by atoms with van der Waals surface area (Å²) in [7, 11) is 1.70. The maximum Gasteiger partial charge on any atom is 0.288 e. The average Bonchev–Trinajstić information content (AvgIpc) is 3.40. The van der Waals surface area contributed by atoms with Crippen LogP contribution in [0.15, 0.2) is 30.3 Å². The minimum atomic E-state index is -1.12. The normalized spacial score (nSPS) is 22.9. The van der Waals surface area contributed by atoms with Gasteiger partial charge in [0, 0.05) is 31.6 Å². The van der Waals surface area contributed by atoms with E-state index in [0.717, 1.165) is 5.69 Å². The highest BCUT2D eigenvalue weighted by Gasteiger charge is 2.54. The molecule has 0 fully saturated rings. The molecule has 4 heterocycles. The maximum atomic E-state index is 15.2. The first-order valence-electron chi connectivity index (χ1n) is 10.2. The van der Waals surface area contributed by atoms with Crippen LogP contribution in [0.4, 0.5) is 10.2 Å². The Labute approximate surface area is 177 Å². The highest BCUT2D eigenvalue weighted by molar-refractivity contribution is 5.95. The third-order valence-corrected chi connectivity index (χ3v) is 6.40. The Kier molecular flexibility index (Phi) is 4.21. The molecular weight excluding hydrogens is 401 g/mol. The van der Waals surface area contributed by atoms with Gasteiger partial charge in [-0.15, -0.1) is 5.10 Å². The number of nitrogens with zero attached hydrogens (tertiary/aromatic N) is 6. The van der Waals surface area contributed by atoms with Gasteiger partial charge in [-0.2, -0.15) is 5.10 Å². The third-order valence-electron chi connectivity index (χ3n) is 6.40. The molecule has 160 valence electrons. The Morgan fingerprint density at radius 3 is 2.81 bits per heavy atom. The molecule has 2 aliphatic rings. The zero-order valence-corrected chi connectivity index (χ0v) is 17.2. The van der Waals surface area contributed by atoms with Crippen molar-refractivity contribution in [3.05, 3.63) is 59.1 Å². The Balaban J connectivity index is 1.71. The minimum absolute atomic E-state index is 0.131. The number of aromatic nitrogens is 5. The van der Waals surface area contributed by atoms with Crippen molar-refractivity contribution in [2.45, 2.75) is 38.3 Å². The number of carbonyl (C=O) groups excluding carboxylic acids is 2. The van der Waals surface area contributed by atoms with E-state index in [9.17, 15) is 9.59 Å². The molecule has 1 unspecified atom stereocenters. The van der Waals surface area contributed by atoms with Crippen molar-refractivity contribution in [1.82, 2.24) is 24.5 Å². The Morgan fingerprint density at radius 2 is 2.06 bits per heavy atom. The van der Waals surface area contributed by atoms with Crippen molar-refractivity contribution in [2.24, 2.45) is 11.7 Å². The van der Waals surface area contributed by atoms with Gasteiger partial charge in [0.25, 0.3) is 5.91 Å². The van der Waals surface area contributed by atoms with Crippen LogP contribution in [-0.2, 0) is 23.3 Å². The largest absolute Gasteiger partial charge is 0.363 e. The number of primary amides is 1. The van der Waals surface area contributed by atoms with E-state index in [0.29, 0.717) is 43.0 Å². The number of hydrogen-bond acceptors (Lipinski definition) is 5. The van der Waals surface area contributed by atoms with Gasteiger partial charge in [-0.3, -0.25) is 14.5 Å². The van der Waals surface area contributed by atoms with Crippen molar-refractivity contribution < 1.29 is 14.0 Å². The fourth-order valence-electron chi connectivity index (χ4n) is 5.04. The molecule has 2 aliphatic heterocycles. The number of aryl methyl sites for hydroxylation is 3. The predicted octanol–water partition coefficient (Wildman–Crippen LogP) is 1.39. The van der Waals surface area contributed by atoms with E-state index < -0.39 is 23.2 Å². The Hall–Kier alpha value is -3.56. The first kappa shape index (κ1) is 19.4. The number of anilines is 1. The van der Waals surface area contributed by atoms with Gasteiger partial charge < -0.3 is 5.73 Å². The van der Waals surface area contributed by atoms with Gasteiger partial charge in [0.2, 0.25) is 11.7 Å². The van der Waals surface area contributed by atoms with E-state index >= 15 is 4.39 Å². The summed E-state index contributed by atoms with van der Waals surface area (Å²) in [6.07, 6.45) is 1.32. The molecule has 5 rings (SSSR count). The number of rotatable bonds is 3. The third kappa shape index (κ3) is 2.70. The molecule has 31 heavy (non-hydrogen) atoms. The second kappa shape index (κ2) is 6.73. The Morgan fingerprint density at radius 1 is 1.29 bits per heavy atom. The molecule has 2 atom stereocenters. The summed E-state index contributed by atoms with van der Waals surface area (Å²) < 4.78 is 18.5. The summed E-state index contributed by atoms with van der Waals surface area (Å²) in [5, 5.41) is 8.84. The lowest BCUT2D eigenvalue weighted by Crippen LogP contribution is -2.49. The number of fused-ring (bicyclic) bond motifs is 2.